The number of rotatable bonds is 0. The summed E-state index contributed by atoms with van der Waals surface area (Å²) in [6.45, 7) is -3.29. The summed E-state index contributed by atoms with van der Waals surface area (Å²) in [5, 5.41) is 0. The molecule has 0 unspecified atom stereocenters. The van der Waals surface area contributed by atoms with Crippen LogP contribution >= 0.6 is 0 Å². The van der Waals surface area contributed by atoms with Gasteiger partial charge in [-0.2, -0.15) is 0 Å². The zero-order chi connectivity index (χ0) is 8.77. The first-order chi connectivity index (χ1) is 5.61. The quantitative estimate of drug-likeness (QED) is 0.312. The molecule has 7 nitrogen and oxygen atoms in total. The summed E-state index contributed by atoms with van der Waals surface area (Å²) in [6, 6.07) is 0. The van der Waals surface area contributed by atoms with E-state index >= 15 is 0 Å². The molecular formula is C4H2BO7-. The third-order valence-electron chi connectivity index (χ3n) is 1.35. The maximum absolute atomic E-state index is 10.5. The number of carbonyl (C=O) groups excluding carboxylic acids is 3. The molecule has 12 heavy (non-hydrogen) atoms. The fourth-order valence-corrected chi connectivity index (χ4v) is 0.898. The minimum absolute atomic E-state index is 0.388. The van der Waals surface area contributed by atoms with Gasteiger partial charge in [-0.1, -0.05) is 0 Å². The molecule has 0 amide bonds. The number of hydrogen-bond donors (Lipinski definition) is 0. The Morgan fingerprint density at radius 2 is 1.58 bits per heavy atom. The molecule has 2 heterocycles. The zero-order valence-electron chi connectivity index (χ0n) is 5.64. The molecule has 0 radical (unpaired) electrons. The molecule has 0 bridgehead atoms. The Hall–Kier alpha value is -1.57. The van der Waals surface area contributed by atoms with Crippen molar-refractivity contribution < 1.29 is 33.0 Å². The van der Waals surface area contributed by atoms with E-state index in [2.05, 4.69) is 18.6 Å². The highest BCUT2D eigenvalue weighted by Crippen LogP contribution is 2.23. The van der Waals surface area contributed by atoms with E-state index in [0.717, 1.165) is 0 Å². The highest BCUT2D eigenvalue weighted by molar-refractivity contribution is 6.68. The zero-order valence-corrected chi connectivity index (χ0v) is 5.64. The summed E-state index contributed by atoms with van der Waals surface area (Å²) in [5.74, 6) is -3.17. The third-order valence-corrected chi connectivity index (χ3v) is 1.35. The molecule has 0 saturated carbocycles. The van der Waals surface area contributed by atoms with Gasteiger partial charge < -0.3 is 18.6 Å². The van der Waals surface area contributed by atoms with Gasteiger partial charge in [-0.25, -0.2) is 9.59 Å². The predicted octanol–water partition coefficient (Wildman–Crippen LogP) is -1.90. The Kier molecular flexibility index (Phi) is 1.17. The monoisotopic (exact) mass is 173 g/mol. The average Bonchev–Trinajstić information content (AvgIpc) is 2.42. The minimum atomic E-state index is -2.90. The molecule has 1 spiro atoms. The molecule has 8 heteroatoms. The predicted molar refractivity (Wildman–Crippen MR) is 30.0 cm³/mol. The molecule has 0 aromatic carbocycles. The van der Waals surface area contributed by atoms with Crippen LogP contribution < -0.4 is 0 Å². The lowest BCUT2D eigenvalue weighted by molar-refractivity contribution is -0.150. The van der Waals surface area contributed by atoms with E-state index in [1.54, 1.807) is 0 Å². The molecule has 2 saturated heterocycles. The molecule has 2 fully saturated rings. The van der Waals surface area contributed by atoms with Crippen LogP contribution in [0.25, 0.3) is 0 Å². The summed E-state index contributed by atoms with van der Waals surface area (Å²) < 4.78 is 17.5. The second-order valence-corrected chi connectivity index (χ2v) is 2.19. The first kappa shape index (κ1) is 7.10. The Labute approximate surface area is 65.6 Å². The smallest absolute Gasteiger partial charge is 0.595 e. The molecular weight excluding hydrogens is 171 g/mol. The first-order valence-electron chi connectivity index (χ1n) is 3.06. The van der Waals surface area contributed by atoms with E-state index in [0.29, 0.717) is 0 Å². The van der Waals surface area contributed by atoms with E-state index in [1.807, 2.05) is 0 Å². The van der Waals surface area contributed by atoms with Crippen molar-refractivity contribution in [3.8, 4) is 0 Å². The van der Waals surface area contributed by atoms with Crippen molar-refractivity contribution in [2.24, 2.45) is 0 Å². The van der Waals surface area contributed by atoms with Crippen LogP contribution in [0.4, 0.5) is 0 Å². The maximum Gasteiger partial charge on any atom is 0.721 e. The van der Waals surface area contributed by atoms with E-state index in [-0.39, 0.29) is 6.61 Å². The lowest BCUT2D eigenvalue weighted by atomic mass is 10.1. The number of hydrogen-bond acceptors (Lipinski definition) is 7. The van der Waals surface area contributed by atoms with Gasteiger partial charge >= 0.3 is 18.9 Å². The van der Waals surface area contributed by atoms with Gasteiger partial charge in [0.2, 0.25) is 0 Å². The van der Waals surface area contributed by atoms with Gasteiger partial charge in [-0.05, 0) is 0 Å². The number of carbonyl (C=O) groups is 3. The van der Waals surface area contributed by atoms with Gasteiger partial charge in [0.1, 0.15) is 6.61 Å². The van der Waals surface area contributed by atoms with Gasteiger partial charge in [0.25, 0.3) is 5.97 Å². The van der Waals surface area contributed by atoms with Crippen LogP contribution in [0, 0.1) is 0 Å². The summed E-state index contributed by atoms with van der Waals surface area (Å²) >= 11 is 0. The van der Waals surface area contributed by atoms with Crippen LogP contribution in [0.3, 0.4) is 0 Å². The van der Waals surface area contributed by atoms with Crippen molar-refractivity contribution in [1.82, 2.24) is 0 Å². The lowest BCUT2D eigenvalue weighted by Gasteiger charge is -2.22. The van der Waals surface area contributed by atoms with Gasteiger partial charge in [0, 0.05) is 0 Å². The molecule has 0 aromatic heterocycles. The van der Waals surface area contributed by atoms with Crippen LogP contribution in [0.15, 0.2) is 0 Å². The van der Waals surface area contributed by atoms with Crippen LogP contribution in [0.1, 0.15) is 0 Å². The molecule has 0 atom stereocenters. The van der Waals surface area contributed by atoms with Crippen LogP contribution in [-0.2, 0) is 33.0 Å². The second-order valence-electron chi connectivity index (χ2n) is 2.19. The van der Waals surface area contributed by atoms with Crippen LogP contribution in [0.2, 0.25) is 0 Å². The Balaban J connectivity index is 2.21. The SMILES string of the molecule is O=C1CO[B-]2(O1)OC(=O)C(=O)O2. The highest BCUT2D eigenvalue weighted by atomic mass is 16.9. The summed E-state index contributed by atoms with van der Waals surface area (Å²) in [5.41, 5.74) is 0. The fourth-order valence-electron chi connectivity index (χ4n) is 0.898. The summed E-state index contributed by atoms with van der Waals surface area (Å²) in [4.78, 5) is 31.5. The van der Waals surface area contributed by atoms with Crippen LogP contribution in [-0.4, -0.2) is 31.5 Å². The van der Waals surface area contributed by atoms with E-state index in [4.69, 9.17) is 0 Å². The Bertz CT molecular complexity index is 267. The summed E-state index contributed by atoms with van der Waals surface area (Å²) in [6.07, 6.45) is 0. The standard InChI is InChI=1S/C4H2BO7/c6-2-1-9-5(10-2)11-3(7)4(8)12-5/h1H2/q-1. The van der Waals surface area contributed by atoms with Gasteiger partial charge in [-0.3, -0.25) is 4.79 Å². The van der Waals surface area contributed by atoms with E-state index < -0.39 is 24.9 Å². The van der Waals surface area contributed by atoms with Crippen molar-refractivity contribution >= 4 is 24.9 Å². The average molecular weight is 173 g/mol. The van der Waals surface area contributed by atoms with Gasteiger partial charge in [0.05, 0.1) is 0 Å². The topological polar surface area (TPSA) is 88.1 Å². The molecule has 64 valence electrons. The maximum atomic E-state index is 10.5. The third kappa shape index (κ3) is 0.849. The van der Waals surface area contributed by atoms with Crippen molar-refractivity contribution in [2.45, 2.75) is 0 Å². The Morgan fingerprint density at radius 1 is 1.00 bits per heavy atom. The lowest BCUT2D eigenvalue weighted by Crippen LogP contribution is -2.39. The van der Waals surface area contributed by atoms with Crippen molar-refractivity contribution in [3.05, 3.63) is 0 Å². The largest absolute Gasteiger partial charge is 0.721 e. The fraction of sp³-hybridized carbons (Fsp3) is 0.250. The Morgan fingerprint density at radius 3 is 2.00 bits per heavy atom. The van der Waals surface area contributed by atoms with E-state index in [9.17, 15) is 14.4 Å². The molecule has 2 rings (SSSR count). The summed E-state index contributed by atoms with van der Waals surface area (Å²) in [7, 11) is 0. The molecule has 0 aliphatic carbocycles. The normalized spacial score (nSPS) is 25.5. The van der Waals surface area contributed by atoms with Gasteiger partial charge in [-0.15, -0.1) is 0 Å². The highest BCUT2D eigenvalue weighted by Gasteiger charge is 2.55. The van der Waals surface area contributed by atoms with Gasteiger partial charge in [0.15, 0.2) is 0 Å². The van der Waals surface area contributed by atoms with Crippen LogP contribution in [0.5, 0.6) is 0 Å². The van der Waals surface area contributed by atoms with E-state index in [1.165, 1.54) is 0 Å². The molecule has 0 aromatic rings. The second kappa shape index (κ2) is 1.98. The van der Waals surface area contributed by atoms with Crippen molar-refractivity contribution in [3.63, 3.8) is 0 Å². The van der Waals surface area contributed by atoms with Crippen molar-refractivity contribution in [1.29, 1.82) is 0 Å². The first-order valence-corrected chi connectivity index (χ1v) is 3.06. The molecule has 2 aliphatic rings. The molecule has 2 aliphatic heterocycles. The minimum Gasteiger partial charge on any atom is -0.595 e. The van der Waals surface area contributed by atoms with Crippen molar-refractivity contribution in [2.75, 3.05) is 6.61 Å². The molecule has 0 N–H and O–H groups in total.